The summed E-state index contributed by atoms with van der Waals surface area (Å²) in [5.41, 5.74) is 1.50. The van der Waals surface area contributed by atoms with Crippen LogP contribution in [-0.2, 0) is 19.1 Å². The van der Waals surface area contributed by atoms with Gasteiger partial charge < -0.3 is 9.47 Å². The van der Waals surface area contributed by atoms with Crippen molar-refractivity contribution >= 4 is 11.9 Å². The van der Waals surface area contributed by atoms with Crippen LogP contribution >= 0.6 is 0 Å². The van der Waals surface area contributed by atoms with Gasteiger partial charge in [-0.3, -0.25) is 0 Å². The summed E-state index contributed by atoms with van der Waals surface area (Å²) >= 11 is 0. The van der Waals surface area contributed by atoms with E-state index in [1.54, 1.807) is 26.0 Å². The van der Waals surface area contributed by atoms with Gasteiger partial charge in [0.1, 0.15) is 0 Å². The summed E-state index contributed by atoms with van der Waals surface area (Å²) in [6.07, 6.45) is 12.6. The van der Waals surface area contributed by atoms with Crippen molar-refractivity contribution in [3.63, 3.8) is 0 Å². The van der Waals surface area contributed by atoms with Crippen LogP contribution in [-0.4, -0.2) is 25.2 Å². The number of carbonyl (C=O) groups excluding carboxylic acids is 2. The minimum atomic E-state index is -0.187. The first kappa shape index (κ1) is 16.0. The molecule has 0 N–H and O–H groups in total. The maximum atomic E-state index is 10.9. The molecule has 0 amide bonds. The lowest BCUT2D eigenvalue weighted by atomic mass is 10.2. The molecule has 0 aromatic rings. The van der Waals surface area contributed by atoms with Gasteiger partial charge >= 0.3 is 11.9 Å². The third-order valence-corrected chi connectivity index (χ3v) is 2.62. The average Bonchev–Trinajstić information content (AvgIpc) is 3.14. The monoisotopic (exact) mass is 276 g/mol. The Bertz CT molecular complexity index is 423. The zero-order valence-electron chi connectivity index (χ0n) is 11.9. The molecule has 0 bridgehead atoms. The van der Waals surface area contributed by atoms with Crippen LogP contribution in [0.2, 0.25) is 0 Å². The second kappa shape index (κ2) is 8.91. The molecular formula is C16H20O4. The molecule has 108 valence electrons. The van der Waals surface area contributed by atoms with Crippen molar-refractivity contribution in [2.45, 2.75) is 26.7 Å². The quantitative estimate of drug-likeness (QED) is 0.741. The zero-order valence-corrected chi connectivity index (χ0v) is 11.9. The first-order chi connectivity index (χ1) is 9.69. The number of esters is 2. The molecule has 0 saturated carbocycles. The minimum absolute atomic E-state index is 0.187. The average molecular weight is 276 g/mol. The molecule has 0 aliphatic heterocycles. The fourth-order valence-electron chi connectivity index (χ4n) is 1.64. The molecule has 0 saturated heterocycles. The molecule has 0 atom stereocenters. The summed E-state index contributed by atoms with van der Waals surface area (Å²) in [6.45, 7) is 4.52. The minimum Gasteiger partial charge on any atom is -0.463 e. The number of allylic oxidation sites excluding steroid dienone is 6. The predicted octanol–water partition coefficient (Wildman–Crippen LogP) is 2.87. The van der Waals surface area contributed by atoms with E-state index >= 15 is 0 Å². The van der Waals surface area contributed by atoms with Gasteiger partial charge in [0.15, 0.2) is 0 Å². The SMILES string of the molecule is CCOC(=O)C1=CC=CC1.CCOC(=O)C1=CC=CC1. The summed E-state index contributed by atoms with van der Waals surface area (Å²) in [5.74, 6) is -0.375. The van der Waals surface area contributed by atoms with Crippen LogP contribution in [0.25, 0.3) is 0 Å². The Kier molecular flexibility index (Phi) is 7.11. The van der Waals surface area contributed by atoms with E-state index in [9.17, 15) is 9.59 Å². The summed E-state index contributed by atoms with van der Waals surface area (Å²) in [4.78, 5) is 21.8. The highest BCUT2D eigenvalue weighted by atomic mass is 16.5. The molecule has 4 heteroatoms. The Labute approximate surface area is 119 Å². The molecule has 0 radical (unpaired) electrons. The number of carbonyl (C=O) groups is 2. The molecule has 20 heavy (non-hydrogen) atoms. The lowest BCUT2D eigenvalue weighted by Gasteiger charge is -1.99. The van der Waals surface area contributed by atoms with Crippen molar-refractivity contribution in [3.05, 3.63) is 47.6 Å². The number of hydrogen-bond donors (Lipinski definition) is 0. The van der Waals surface area contributed by atoms with Gasteiger partial charge in [0.25, 0.3) is 0 Å². The number of ether oxygens (including phenoxy) is 2. The standard InChI is InChI=1S/2C8H10O2/c2*1-2-10-8(9)7-5-3-4-6-7/h2*3-5H,2,6H2,1H3. The first-order valence-electron chi connectivity index (χ1n) is 6.74. The predicted molar refractivity (Wildman–Crippen MR) is 76.9 cm³/mol. The summed E-state index contributed by atoms with van der Waals surface area (Å²) in [6, 6.07) is 0. The highest BCUT2D eigenvalue weighted by molar-refractivity contribution is 5.90. The normalized spacial score (nSPS) is 15.1. The van der Waals surface area contributed by atoms with Gasteiger partial charge in [-0.2, -0.15) is 0 Å². The summed E-state index contributed by atoms with van der Waals surface area (Å²) in [5, 5.41) is 0. The van der Waals surface area contributed by atoms with Crippen molar-refractivity contribution in [2.24, 2.45) is 0 Å². The van der Waals surface area contributed by atoms with Crippen molar-refractivity contribution in [1.29, 1.82) is 0 Å². The second-order valence-electron chi connectivity index (χ2n) is 4.09. The van der Waals surface area contributed by atoms with E-state index in [0.717, 1.165) is 24.0 Å². The van der Waals surface area contributed by atoms with Crippen LogP contribution in [0, 0.1) is 0 Å². The van der Waals surface area contributed by atoms with Crippen LogP contribution in [0.4, 0.5) is 0 Å². The highest BCUT2D eigenvalue weighted by Gasteiger charge is 2.10. The third kappa shape index (κ3) is 5.26. The third-order valence-electron chi connectivity index (χ3n) is 2.62. The van der Waals surface area contributed by atoms with Crippen molar-refractivity contribution in [3.8, 4) is 0 Å². The van der Waals surface area contributed by atoms with Crippen LogP contribution in [0.1, 0.15) is 26.7 Å². The second-order valence-corrected chi connectivity index (χ2v) is 4.09. The smallest absolute Gasteiger partial charge is 0.334 e. The molecule has 2 rings (SSSR count). The van der Waals surface area contributed by atoms with Crippen LogP contribution in [0.5, 0.6) is 0 Å². The molecule has 4 nitrogen and oxygen atoms in total. The molecular weight excluding hydrogens is 256 g/mol. The molecule has 0 fully saturated rings. The highest BCUT2D eigenvalue weighted by Crippen LogP contribution is 2.11. The van der Waals surface area contributed by atoms with Crippen LogP contribution < -0.4 is 0 Å². The summed E-state index contributed by atoms with van der Waals surface area (Å²) < 4.78 is 9.56. The van der Waals surface area contributed by atoms with Gasteiger partial charge in [-0.1, -0.05) is 36.5 Å². The Morgan fingerprint density at radius 3 is 1.55 bits per heavy atom. The molecule has 2 aliphatic carbocycles. The van der Waals surface area contributed by atoms with Crippen LogP contribution in [0.3, 0.4) is 0 Å². The van der Waals surface area contributed by atoms with Crippen LogP contribution in [0.15, 0.2) is 47.6 Å². The Balaban J connectivity index is 0.000000200. The Hall–Kier alpha value is -2.10. The molecule has 0 heterocycles. The molecule has 2 aliphatic rings. The van der Waals surface area contributed by atoms with Crippen molar-refractivity contribution in [1.82, 2.24) is 0 Å². The van der Waals surface area contributed by atoms with E-state index in [0.29, 0.717) is 13.2 Å². The van der Waals surface area contributed by atoms with Gasteiger partial charge in [0, 0.05) is 11.1 Å². The topological polar surface area (TPSA) is 52.6 Å². The Morgan fingerprint density at radius 1 is 0.900 bits per heavy atom. The van der Waals surface area contributed by atoms with E-state index in [1.807, 2.05) is 24.3 Å². The molecule has 0 aromatic carbocycles. The van der Waals surface area contributed by atoms with Gasteiger partial charge in [-0.05, 0) is 26.7 Å². The number of hydrogen-bond acceptors (Lipinski definition) is 4. The fraction of sp³-hybridized carbons (Fsp3) is 0.375. The zero-order chi connectivity index (χ0) is 14.8. The van der Waals surface area contributed by atoms with E-state index < -0.39 is 0 Å². The largest absolute Gasteiger partial charge is 0.463 e. The lowest BCUT2D eigenvalue weighted by Crippen LogP contribution is -2.05. The lowest BCUT2D eigenvalue weighted by molar-refractivity contribution is -0.139. The van der Waals surface area contributed by atoms with E-state index in [1.165, 1.54) is 0 Å². The summed E-state index contributed by atoms with van der Waals surface area (Å²) in [7, 11) is 0. The van der Waals surface area contributed by atoms with Gasteiger partial charge in [-0.25, -0.2) is 9.59 Å². The van der Waals surface area contributed by atoms with E-state index in [-0.39, 0.29) is 11.9 Å². The molecule has 0 unspecified atom stereocenters. The van der Waals surface area contributed by atoms with Gasteiger partial charge in [0.05, 0.1) is 13.2 Å². The van der Waals surface area contributed by atoms with Crippen molar-refractivity contribution < 1.29 is 19.1 Å². The van der Waals surface area contributed by atoms with Gasteiger partial charge in [0.2, 0.25) is 0 Å². The maximum Gasteiger partial charge on any atom is 0.334 e. The maximum absolute atomic E-state index is 10.9. The van der Waals surface area contributed by atoms with E-state index in [4.69, 9.17) is 9.47 Å². The first-order valence-corrected chi connectivity index (χ1v) is 6.74. The molecule has 0 aromatic heterocycles. The van der Waals surface area contributed by atoms with E-state index in [2.05, 4.69) is 0 Å². The fourth-order valence-corrected chi connectivity index (χ4v) is 1.64. The Morgan fingerprint density at radius 2 is 1.30 bits per heavy atom. The van der Waals surface area contributed by atoms with Crippen molar-refractivity contribution in [2.75, 3.05) is 13.2 Å². The number of rotatable bonds is 4. The van der Waals surface area contributed by atoms with Gasteiger partial charge in [-0.15, -0.1) is 0 Å². The molecule has 0 spiro atoms.